The van der Waals surface area contributed by atoms with E-state index in [0.717, 1.165) is 0 Å². The van der Waals surface area contributed by atoms with Gasteiger partial charge in [0.2, 0.25) is 0 Å². The van der Waals surface area contributed by atoms with Crippen LogP contribution in [0.2, 0.25) is 0 Å². The average molecular weight is 270 g/mol. The number of hydrogen-bond acceptors (Lipinski definition) is 4. The smallest absolute Gasteiger partial charge is 0.351 e. The van der Waals surface area contributed by atoms with Gasteiger partial charge in [-0.05, 0) is 6.08 Å². The van der Waals surface area contributed by atoms with Gasteiger partial charge < -0.3 is 14.7 Å². The summed E-state index contributed by atoms with van der Waals surface area (Å²) in [7, 11) is -2.96. The lowest BCUT2D eigenvalue weighted by Gasteiger charge is -2.31. The van der Waals surface area contributed by atoms with Crippen molar-refractivity contribution in [2.45, 2.75) is 5.78 Å². The second-order valence-corrected chi connectivity index (χ2v) is 5.65. The molecule has 0 fully saturated rings. The molecule has 2 N–H and O–H groups in total. The Morgan fingerprint density at radius 1 is 1.44 bits per heavy atom. The summed E-state index contributed by atoms with van der Waals surface area (Å²) in [5, 5.41) is 10.9. The topological polar surface area (TPSA) is 104 Å². The standard InChI is InChI=1S/C10H11N2O5P/c1-11-9(18(15,16)17)6-5-7-3-2-4-8(10(7)11)12(13)14/h2-6,9H,1H3,(H2,15,16,17). The van der Waals surface area contributed by atoms with Gasteiger partial charge in [-0.1, -0.05) is 18.2 Å². The van der Waals surface area contributed by atoms with Crippen LogP contribution in [0.3, 0.4) is 0 Å². The first-order valence-electron chi connectivity index (χ1n) is 5.06. The molecule has 1 aromatic rings. The molecule has 1 atom stereocenters. The number of para-hydroxylation sites is 1. The summed E-state index contributed by atoms with van der Waals surface area (Å²) < 4.78 is 11.3. The van der Waals surface area contributed by atoms with E-state index in [1.807, 2.05) is 0 Å². The normalized spacial score (nSPS) is 18.6. The van der Waals surface area contributed by atoms with Crippen molar-refractivity contribution in [2.75, 3.05) is 11.9 Å². The quantitative estimate of drug-likeness (QED) is 0.480. The highest BCUT2D eigenvalue weighted by atomic mass is 31.2. The van der Waals surface area contributed by atoms with Gasteiger partial charge in [0.15, 0.2) is 5.78 Å². The molecule has 0 aliphatic carbocycles. The number of benzene rings is 1. The zero-order valence-corrected chi connectivity index (χ0v) is 10.3. The second-order valence-electron chi connectivity index (χ2n) is 3.94. The second kappa shape index (κ2) is 4.20. The predicted octanol–water partition coefficient (Wildman–Crippen LogP) is 1.56. The lowest BCUT2D eigenvalue weighted by Crippen LogP contribution is -2.32. The number of nitro benzene ring substituents is 1. The van der Waals surface area contributed by atoms with Crippen LogP contribution in [0.25, 0.3) is 6.08 Å². The highest BCUT2D eigenvalue weighted by Gasteiger charge is 2.36. The van der Waals surface area contributed by atoms with Gasteiger partial charge in [0, 0.05) is 18.7 Å². The van der Waals surface area contributed by atoms with Crippen LogP contribution in [0, 0.1) is 10.1 Å². The van der Waals surface area contributed by atoms with E-state index in [-0.39, 0.29) is 11.4 Å². The number of nitro groups is 1. The predicted molar refractivity (Wildman–Crippen MR) is 66.4 cm³/mol. The minimum absolute atomic E-state index is 0.169. The van der Waals surface area contributed by atoms with E-state index in [4.69, 9.17) is 0 Å². The molecule has 1 aromatic carbocycles. The Morgan fingerprint density at radius 2 is 2.11 bits per heavy atom. The fourth-order valence-electron chi connectivity index (χ4n) is 2.00. The summed E-state index contributed by atoms with van der Waals surface area (Å²) in [5.41, 5.74) is 0.618. The summed E-state index contributed by atoms with van der Waals surface area (Å²) in [6.07, 6.45) is 2.85. The Balaban J connectivity index is 2.60. The van der Waals surface area contributed by atoms with E-state index in [1.54, 1.807) is 6.07 Å². The largest absolute Gasteiger partial charge is 0.351 e. The minimum atomic E-state index is -4.39. The van der Waals surface area contributed by atoms with Crippen LogP contribution < -0.4 is 4.90 Å². The monoisotopic (exact) mass is 270 g/mol. The van der Waals surface area contributed by atoms with Gasteiger partial charge in [0.05, 0.1) is 4.92 Å². The van der Waals surface area contributed by atoms with Crippen LogP contribution in [0.4, 0.5) is 11.4 Å². The summed E-state index contributed by atoms with van der Waals surface area (Å²) in [4.78, 5) is 30.0. The molecular weight excluding hydrogens is 259 g/mol. The molecule has 1 aliphatic heterocycles. The third-order valence-corrected chi connectivity index (χ3v) is 3.99. The molecule has 96 valence electrons. The lowest BCUT2D eigenvalue weighted by molar-refractivity contribution is -0.384. The van der Waals surface area contributed by atoms with Crippen molar-refractivity contribution in [3.05, 3.63) is 40.0 Å². The molecule has 0 bridgehead atoms. The SMILES string of the molecule is CN1c2c(cccc2[N+](=O)[O-])C=CC1P(=O)(O)O. The summed E-state index contributed by atoms with van der Waals surface area (Å²) in [6.45, 7) is 0. The maximum Gasteiger partial charge on any atom is 0.351 e. The van der Waals surface area contributed by atoms with E-state index in [1.165, 1.54) is 36.2 Å². The van der Waals surface area contributed by atoms with E-state index >= 15 is 0 Å². The number of anilines is 1. The van der Waals surface area contributed by atoms with Gasteiger partial charge in [-0.25, -0.2) is 0 Å². The summed E-state index contributed by atoms with van der Waals surface area (Å²) in [5.74, 6) is -1.17. The molecule has 0 aromatic heterocycles. The zero-order chi connectivity index (χ0) is 13.5. The van der Waals surface area contributed by atoms with Crippen LogP contribution in [-0.2, 0) is 4.57 Å². The maximum atomic E-state index is 11.3. The molecule has 1 aliphatic rings. The van der Waals surface area contributed by atoms with Gasteiger partial charge in [-0.2, -0.15) is 0 Å². The fourth-order valence-corrected chi connectivity index (χ4v) is 2.88. The first-order valence-corrected chi connectivity index (χ1v) is 6.74. The summed E-state index contributed by atoms with van der Waals surface area (Å²) >= 11 is 0. The number of hydrogen-bond donors (Lipinski definition) is 2. The van der Waals surface area contributed by atoms with E-state index in [2.05, 4.69) is 0 Å². The fraction of sp³-hybridized carbons (Fsp3) is 0.200. The Hall–Kier alpha value is -1.69. The highest BCUT2D eigenvalue weighted by molar-refractivity contribution is 7.53. The van der Waals surface area contributed by atoms with Crippen molar-refractivity contribution in [3.8, 4) is 0 Å². The van der Waals surface area contributed by atoms with E-state index in [9.17, 15) is 24.5 Å². The Kier molecular flexibility index (Phi) is 2.98. The molecule has 1 unspecified atom stereocenters. The number of fused-ring (bicyclic) bond motifs is 1. The van der Waals surface area contributed by atoms with Gasteiger partial charge >= 0.3 is 7.60 Å². The molecule has 0 amide bonds. The van der Waals surface area contributed by atoms with Crippen LogP contribution >= 0.6 is 7.60 Å². The summed E-state index contributed by atoms with van der Waals surface area (Å²) in [6, 6.07) is 4.50. The number of likely N-dealkylation sites (N-methyl/N-ethyl adjacent to an activating group) is 1. The highest BCUT2D eigenvalue weighted by Crippen LogP contribution is 2.49. The molecular formula is C10H11N2O5P. The number of rotatable bonds is 2. The Morgan fingerprint density at radius 3 is 2.67 bits per heavy atom. The van der Waals surface area contributed by atoms with Crippen LogP contribution in [0.5, 0.6) is 0 Å². The van der Waals surface area contributed by atoms with Crippen LogP contribution in [0.15, 0.2) is 24.3 Å². The molecule has 0 saturated heterocycles. The molecule has 2 rings (SSSR count). The average Bonchev–Trinajstić information content (AvgIpc) is 2.26. The molecule has 0 radical (unpaired) electrons. The third-order valence-electron chi connectivity index (χ3n) is 2.78. The first kappa shape index (κ1) is 12.8. The molecule has 0 spiro atoms. The van der Waals surface area contributed by atoms with Gasteiger partial charge in [0.1, 0.15) is 5.69 Å². The molecule has 18 heavy (non-hydrogen) atoms. The first-order chi connectivity index (χ1) is 8.32. The molecule has 0 saturated carbocycles. The van der Waals surface area contributed by atoms with Crippen molar-refractivity contribution in [1.29, 1.82) is 0 Å². The van der Waals surface area contributed by atoms with Crippen LogP contribution in [-0.4, -0.2) is 27.5 Å². The van der Waals surface area contributed by atoms with Crippen molar-refractivity contribution in [1.82, 2.24) is 0 Å². The van der Waals surface area contributed by atoms with E-state index in [0.29, 0.717) is 5.56 Å². The van der Waals surface area contributed by atoms with Crippen molar-refractivity contribution >= 4 is 25.0 Å². The van der Waals surface area contributed by atoms with Crippen LogP contribution in [0.1, 0.15) is 5.56 Å². The van der Waals surface area contributed by atoms with Gasteiger partial charge in [-0.3, -0.25) is 14.7 Å². The molecule has 7 nitrogen and oxygen atoms in total. The van der Waals surface area contributed by atoms with Gasteiger partial charge in [-0.15, -0.1) is 0 Å². The van der Waals surface area contributed by atoms with Crippen molar-refractivity contribution in [2.24, 2.45) is 0 Å². The molecule has 1 heterocycles. The van der Waals surface area contributed by atoms with Crippen molar-refractivity contribution in [3.63, 3.8) is 0 Å². The van der Waals surface area contributed by atoms with Gasteiger partial charge in [0.25, 0.3) is 5.69 Å². The third kappa shape index (κ3) is 2.03. The van der Waals surface area contributed by atoms with E-state index < -0.39 is 18.3 Å². The maximum absolute atomic E-state index is 11.3. The van der Waals surface area contributed by atoms with Crippen molar-refractivity contribution < 1.29 is 19.3 Å². The molecule has 8 heteroatoms. The minimum Gasteiger partial charge on any atom is -0.351 e. The zero-order valence-electron chi connectivity index (χ0n) is 9.42. The Bertz CT molecular complexity index is 580. The Labute approximate surface area is 103 Å². The number of nitrogens with zero attached hydrogens (tertiary/aromatic N) is 2. The lowest BCUT2D eigenvalue weighted by atomic mass is 10.1.